The van der Waals surface area contributed by atoms with Crippen LogP contribution >= 0.6 is 43.6 Å². The van der Waals surface area contributed by atoms with Gasteiger partial charge in [-0.3, -0.25) is 4.99 Å². The summed E-state index contributed by atoms with van der Waals surface area (Å²) in [5.74, 6) is 1.02. The highest BCUT2D eigenvalue weighted by atomic mass is 79.9. The monoisotopic (exact) mass is 376 g/mol. The molecule has 0 saturated carbocycles. The van der Waals surface area contributed by atoms with Crippen molar-refractivity contribution in [3.63, 3.8) is 0 Å². The molecular formula is C12H14Br2N2S. The van der Waals surface area contributed by atoms with Crippen molar-refractivity contribution >= 4 is 54.5 Å². The van der Waals surface area contributed by atoms with Crippen LogP contribution in [0.5, 0.6) is 0 Å². The molecule has 2 rings (SSSR count). The van der Waals surface area contributed by atoms with Gasteiger partial charge < -0.3 is 5.32 Å². The minimum Gasteiger partial charge on any atom is -0.333 e. The molecule has 0 aromatic heterocycles. The number of rotatable bonds is 1. The van der Waals surface area contributed by atoms with Gasteiger partial charge in [0.2, 0.25) is 0 Å². The lowest BCUT2D eigenvalue weighted by atomic mass is 10.1. The third-order valence-corrected chi connectivity index (χ3v) is 4.95. The number of aliphatic imine (C=N–C) groups is 1. The third-order valence-electron chi connectivity index (χ3n) is 2.38. The van der Waals surface area contributed by atoms with Crippen molar-refractivity contribution in [3.8, 4) is 0 Å². The van der Waals surface area contributed by atoms with Crippen molar-refractivity contribution in [2.24, 2.45) is 4.99 Å². The Morgan fingerprint density at radius 1 is 1.29 bits per heavy atom. The van der Waals surface area contributed by atoms with Crippen LogP contribution in [0.3, 0.4) is 0 Å². The summed E-state index contributed by atoms with van der Waals surface area (Å²) in [5, 5.41) is 4.37. The van der Waals surface area contributed by atoms with Gasteiger partial charge in [0.15, 0.2) is 5.17 Å². The van der Waals surface area contributed by atoms with Gasteiger partial charge in [0.25, 0.3) is 0 Å². The Morgan fingerprint density at radius 3 is 2.35 bits per heavy atom. The molecule has 1 N–H and O–H groups in total. The number of aryl methyl sites for hydroxylation is 1. The predicted octanol–water partition coefficient (Wildman–Crippen LogP) is 4.81. The number of hydrogen-bond acceptors (Lipinski definition) is 3. The lowest BCUT2D eigenvalue weighted by Crippen LogP contribution is -2.15. The van der Waals surface area contributed by atoms with E-state index in [2.05, 4.69) is 75.1 Å². The first-order valence-corrected chi connectivity index (χ1v) is 7.90. The van der Waals surface area contributed by atoms with Crippen LogP contribution in [0.2, 0.25) is 0 Å². The summed E-state index contributed by atoms with van der Waals surface area (Å²) >= 11 is 8.92. The summed E-state index contributed by atoms with van der Waals surface area (Å²) in [6.07, 6.45) is 0. The maximum Gasteiger partial charge on any atom is 0.161 e. The highest BCUT2D eigenvalue weighted by molar-refractivity contribution is 9.11. The molecule has 2 nitrogen and oxygen atoms in total. The first-order chi connectivity index (χ1) is 7.87. The maximum absolute atomic E-state index is 4.65. The molecule has 0 atom stereocenters. The molecular weight excluding hydrogens is 364 g/mol. The van der Waals surface area contributed by atoms with Crippen LogP contribution in [-0.4, -0.2) is 16.5 Å². The quantitative estimate of drug-likeness (QED) is 0.759. The smallest absolute Gasteiger partial charge is 0.161 e. The molecule has 0 spiro atoms. The SMILES string of the molecule is Cc1cc(Br)c(NC2=NC(C)(C)CS2)c(Br)c1. The first-order valence-electron chi connectivity index (χ1n) is 5.33. The van der Waals surface area contributed by atoms with Crippen LogP contribution in [0, 0.1) is 6.92 Å². The Hall–Kier alpha value is -0.000000000000000111. The fourth-order valence-electron chi connectivity index (χ4n) is 1.57. The Labute approximate surface area is 123 Å². The van der Waals surface area contributed by atoms with E-state index in [-0.39, 0.29) is 5.54 Å². The van der Waals surface area contributed by atoms with Crippen molar-refractivity contribution in [2.75, 3.05) is 11.1 Å². The van der Waals surface area contributed by atoms with Gasteiger partial charge in [0.1, 0.15) is 0 Å². The predicted molar refractivity (Wildman–Crippen MR) is 84.2 cm³/mol. The van der Waals surface area contributed by atoms with E-state index in [1.807, 2.05) is 0 Å². The average Bonchev–Trinajstić information content (AvgIpc) is 2.52. The summed E-state index contributed by atoms with van der Waals surface area (Å²) in [4.78, 5) is 4.65. The zero-order chi connectivity index (χ0) is 12.6. The minimum atomic E-state index is 0.0383. The number of amidine groups is 1. The van der Waals surface area contributed by atoms with E-state index in [1.165, 1.54) is 5.56 Å². The molecule has 1 aliphatic heterocycles. The normalized spacial score (nSPS) is 18.1. The van der Waals surface area contributed by atoms with Gasteiger partial charge >= 0.3 is 0 Å². The molecule has 1 aliphatic rings. The summed E-state index contributed by atoms with van der Waals surface area (Å²) < 4.78 is 2.11. The standard InChI is InChI=1S/C12H14Br2N2S/c1-7-4-8(13)10(9(14)5-7)15-11-16-12(2,3)6-17-11/h4-5H,6H2,1-3H3,(H,15,16). The van der Waals surface area contributed by atoms with Gasteiger partial charge in [-0.25, -0.2) is 0 Å². The summed E-state index contributed by atoms with van der Waals surface area (Å²) in [6.45, 7) is 6.37. The number of hydrogen-bond donors (Lipinski definition) is 1. The highest BCUT2D eigenvalue weighted by Crippen LogP contribution is 2.35. The second-order valence-corrected chi connectivity index (χ2v) is 7.42. The van der Waals surface area contributed by atoms with Crippen molar-refractivity contribution in [1.82, 2.24) is 0 Å². The highest BCUT2D eigenvalue weighted by Gasteiger charge is 2.26. The van der Waals surface area contributed by atoms with Gasteiger partial charge in [-0.2, -0.15) is 0 Å². The van der Waals surface area contributed by atoms with E-state index < -0.39 is 0 Å². The van der Waals surface area contributed by atoms with Crippen LogP contribution in [0.1, 0.15) is 19.4 Å². The van der Waals surface area contributed by atoms with Crippen LogP contribution in [0.25, 0.3) is 0 Å². The zero-order valence-corrected chi connectivity index (χ0v) is 14.0. The van der Waals surface area contributed by atoms with Gasteiger partial charge in [0, 0.05) is 14.7 Å². The Balaban J connectivity index is 2.26. The van der Waals surface area contributed by atoms with Gasteiger partial charge in [-0.05, 0) is 70.3 Å². The Kier molecular flexibility index (Phi) is 3.90. The van der Waals surface area contributed by atoms with E-state index in [0.717, 1.165) is 25.6 Å². The molecule has 17 heavy (non-hydrogen) atoms. The molecule has 92 valence electrons. The molecule has 0 unspecified atom stereocenters. The number of benzene rings is 1. The van der Waals surface area contributed by atoms with Crippen molar-refractivity contribution in [1.29, 1.82) is 0 Å². The van der Waals surface area contributed by atoms with Crippen LogP contribution in [0.15, 0.2) is 26.1 Å². The largest absolute Gasteiger partial charge is 0.333 e. The fourth-order valence-corrected chi connectivity index (χ4v) is 4.23. The number of thioether (sulfide) groups is 1. The third kappa shape index (κ3) is 3.26. The Bertz CT molecular complexity index is 460. The van der Waals surface area contributed by atoms with Crippen LogP contribution < -0.4 is 5.32 Å². The number of nitrogens with zero attached hydrogens (tertiary/aromatic N) is 1. The van der Waals surface area contributed by atoms with Crippen LogP contribution in [-0.2, 0) is 0 Å². The molecule has 0 radical (unpaired) electrons. The number of halogens is 2. The van der Waals surface area contributed by atoms with E-state index in [4.69, 9.17) is 0 Å². The molecule has 1 aromatic rings. The molecule has 5 heteroatoms. The summed E-state index contributed by atoms with van der Waals surface area (Å²) in [7, 11) is 0. The van der Waals surface area contributed by atoms with Gasteiger partial charge in [0.05, 0.1) is 11.2 Å². The summed E-state index contributed by atoms with van der Waals surface area (Å²) in [6, 6.07) is 4.19. The molecule has 0 bridgehead atoms. The fraction of sp³-hybridized carbons (Fsp3) is 0.417. The van der Waals surface area contributed by atoms with Crippen LogP contribution in [0.4, 0.5) is 5.69 Å². The molecule has 0 saturated heterocycles. The van der Waals surface area contributed by atoms with E-state index >= 15 is 0 Å². The van der Waals surface area contributed by atoms with Gasteiger partial charge in [-0.15, -0.1) is 0 Å². The molecule has 0 amide bonds. The van der Waals surface area contributed by atoms with Crippen molar-refractivity contribution < 1.29 is 0 Å². The topological polar surface area (TPSA) is 24.4 Å². The second kappa shape index (κ2) is 4.94. The number of nitrogens with one attached hydrogen (secondary N) is 1. The lowest BCUT2D eigenvalue weighted by molar-refractivity contribution is 0.605. The first kappa shape index (κ1) is 13.4. The van der Waals surface area contributed by atoms with E-state index in [0.29, 0.717) is 0 Å². The lowest BCUT2D eigenvalue weighted by Gasteiger charge is -2.11. The molecule has 0 fully saturated rings. The van der Waals surface area contributed by atoms with E-state index in [1.54, 1.807) is 11.8 Å². The summed E-state index contributed by atoms with van der Waals surface area (Å²) in [5.41, 5.74) is 2.30. The molecule has 1 aromatic carbocycles. The van der Waals surface area contributed by atoms with Crippen molar-refractivity contribution in [3.05, 3.63) is 26.6 Å². The second-order valence-electron chi connectivity index (χ2n) is 4.75. The average molecular weight is 378 g/mol. The van der Waals surface area contributed by atoms with Gasteiger partial charge in [-0.1, -0.05) is 11.8 Å². The molecule has 0 aliphatic carbocycles. The molecule has 1 heterocycles. The maximum atomic E-state index is 4.65. The Morgan fingerprint density at radius 2 is 1.88 bits per heavy atom. The van der Waals surface area contributed by atoms with E-state index in [9.17, 15) is 0 Å². The number of anilines is 1. The zero-order valence-electron chi connectivity index (χ0n) is 9.97. The van der Waals surface area contributed by atoms with Crippen molar-refractivity contribution in [2.45, 2.75) is 26.3 Å². The minimum absolute atomic E-state index is 0.0383.